The third-order valence-corrected chi connectivity index (χ3v) is 3.94. The molecular formula is C18H31NO. The molecule has 0 aliphatic heterocycles. The summed E-state index contributed by atoms with van der Waals surface area (Å²) in [6.45, 7) is 2.27. The smallest absolute Gasteiger partial charge is 0.119 e. The van der Waals surface area contributed by atoms with Gasteiger partial charge in [0.2, 0.25) is 0 Å². The van der Waals surface area contributed by atoms with Gasteiger partial charge < -0.3 is 10.1 Å². The van der Waals surface area contributed by atoms with Crippen molar-refractivity contribution in [2.24, 2.45) is 0 Å². The van der Waals surface area contributed by atoms with Crippen LogP contribution in [0.1, 0.15) is 69.9 Å². The van der Waals surface area contributed by atoms with Crippen LogP contribution in [-0.4, -0.2) is 14.2 Å². The molecule has 1 unspecified atom stereocenters. The Hall–Kier alpha value is -1.02. The van der Waals surface area contributed by atoms with Gasteiger partial charge >= 0.3 is 0 Å². The van der Waals surface area contributed by atoms with Gasteiger partial charge in [-0.25, -0.2) is 0 Å². The molecule has 0 aliphatic carbocycles. The van der Waals surface area contributed by atoms with Gasteiger partial charge in [-0.05, 0) is 31.2 Å². The van der Waals surface area contributed by atoms with E-state index in [0.29, 0.717) is 6.04 Å². The van der Waals surface area contributed by atoms with Gasteiger partial charge in [0, 0.05) is 6.04 Å². The maximum atomic E-state index is 5.30. The highest BCUT2D eigenvalue weighted by Gasteiger charge is 2.09. The summed E-state index contributed by atoms with van der Waals surface area (Å²) >= 11 is 0. The van der Waals surface area contributed by atoms with Crippen molar-refractivity contribution in [2.75, 3.05) is 14.2 Å². The zero-order valence-electron chi connectivity index (χ0n) is 13.5. The molecule has 0 aliphatic rings. The summed E-state index contributed by atoms with van der Waals surface area (Å²) < 4.78 is 5.30. The fourth-order valence-corrected chi connectivity index (χ4v) is 2.64. The van der Waals surface area contributed by atoms with E-state index in [4.69, 9.17) is 4.74 Å². The Labute approximate surface area is 124 Å². The minimum Gasteiger partial charge on any atom is -0.497 e. The number of hydrogen-bond acceptors (Lipinski definition) is 2. The van der Waals surface area contributed by atoms with Crippen LogP contribution in [0.15, 0.2) is 24.3 Å². The van der Waals surface area contributed by atoms with Gasteiger partial charge in [-0.3, -0.25) is 0 Å². The van der Waals surface area contributed by atoms with E-state index in [2.05, 4.69) is 30.4 Å². The molecule has 0 fully saturated rings. The number of hydrogen-bond donors (Lipinski definition) is 1. The second kappa shape index (κ2) is 10.7. The van der Waals surface area contributed by atoms with E-state index < -0.39 is 0 Å². The number of rotatable bonds is 11. The van der Waals surface area contributed by atoms with Crippen molar-refractivity contribution >= 4 is 0 Å². The molecule has 20 heavy (non-hydrogen) atoms. The van der Waals surface area contributed by atoms with Crippen LogP contribution in [0, 0.1) is 0 Å². The summed E-state index contributed by atoms with van der Waals surface area (Å²) in [4.78, 5) is 0. The van der Waals surface area contributed by atoms with E-state index in [1.165, 1.54) is 56.9 Å². The first kappa shape index (κ1) is 17.0. The topological polar surface area (TPSA) is 21.3 Å². The molecule has 2 heteroatoms. The van der Waals surface area contributed by atoms with E-state index in [-0.39, 0.29) is 0 Å². The molecule has 0 bridgehead atoms. The van der Waals surface area contributed by atoms with Crippen LogP contribution in [0.25, 0.3) is 0 Å². The van der Waals surface area contributed by atoms with Crippen LogP contribution < -0.4 is 10.1 Å². The van der Waals surface area contributed by atoms with Gasteiger partial charge in [0.25, 0.3) is 0 Å². The van der Waals surface area contributed by atoms with Crippen molar-refractivity contribution in [3.8, 4) is 5.75 Å². The van der Waals surface area contributed by atoms with Crippen LogP contribution in [0.4, 0.5) is 0 Å². The quantitative estimate of drug-likeness (QED) is 0.568. The van der Waals surface area contributed by atoms with Crippen molar-refractivity contribution in [1.82, 2.24) is 5.32 Å². The van der Waals surface area contributed by atoms with E-state index in [9.17, 15) is 0 Å². The largest absolute Gasteiger partial charge is 0.497 e. The van der Waals surface area contributed by atoms with Crippen LogP contribution in [-0.2, 0) is 0 Å². The highest BCUT2D eigenvalue weighted by Crippen LogP contribution is 2.23. The Morgan fingerprint density at radius 1 is 1.05 bits per heavy atom. The molecule has 1 rings (SSSR count). The second-order valence-corrected chi connectivity index (χ2v) is 5.53. The molecule has 0 heterocycles. The van der Waals surface area contributed by atoms with Gasteiger partial charge in [0.05, 0.1) is 7.11 Å². The Morgan fingerprint density at radius 3 is 2.40 bits per heavy atom. The lowest BCUT2D eigenvalue weighted by molar-refractivity contribution is 0.412. The molecule has 1 aromatic carbocycles. The zero-order valence-corrected chi connectivity index (χ0v) is 13.5. The summed E-state index contributed by atoms with van der Waals surface area (Å²) in [5, 5.41) is 3.43. The normalized spacial score (nSPS) is 12.3. The molecule has 114 valence electrons. The van der Waals surface area contributed by atoms with Crippen molar-refractivity contribution < 1.29 is 4.74 Å². The molecular weight excluding hydrogens is 246 g/mol. The molecule has 0 saturated heterocycles. The average Bonchev–Trinajstić information content (AvgIpc) is 2.50. The summed E-state index contributed by atoms with van der Waals surface area (Å²) in [6, 6.07) is 8.85. The van der Waals surface area contributed by atoms with Crippen molar-refractivity contribution in [3.05, 3.63) is 29.8 Å². The van der Waals surface area contributed by atoms with Crippen LogP contribution in [0.2, 0.25) is 0 Å². The van der Waals surface area contributed by atoms with Crippen molar-refractivity contribution in [3.63, 3.8) is 0 Å². The fourth-order valence-electron chi connectivity index (χ4n) is 2.64. The minimum absolute atomic E-state index is 0.445. The summed E-state index contributed by atoms with van der Waals surface area (Å²) in [5.74, 6) is 0.947. The average molecular weight is 277 g/mol. The fraction of sp³-hybridized carbons (Fsp3) is 0.667. The highest BCUT2D eigenvalue weighted by molar-refractivity contribution is 5.30. The molecule has 0 aromatic heterocycles. The number of benzene rings is 1. The predicted octanol–water partition coefficient (Wildman–Crippen LogP) is 5.10. The Bertz CT molecular complexity index is 351. The van der Waals surface area contributed by atoms with Crippen molar-refractivity contribution in [1.29, 1.82) is 0 Å². The standard InChI is InChI=1S/C18H31NO/c1-4-5-6-7-8-9-10-14-18(19-2)16-12-11-13-17(15-16)20-3/h11-13,15,18-19H,4-10,14H2,1-3H3. The van der Waals surface area contributed by atoms with Gasteiger partial charge in [-0.2, -0.15) is 0 Å². The van der Waals surface area contributed by atoms with E-state index in [1.807, 2.05) is 13.1 Å². The lowest BCUT2D eigenvalue weighted by atomic mass is 9.99. The molecule has 0 saturated carbocycles. The zero-order chi connectivity index (χ0) is 14.6. The molecule has 1 aromatic rings. The Morgan fingerprint density at radius 2 is 1.75 bits per heavy atom. The molecule has 0 amide bonds. The number of nitrogens with one attached hydrogen (secondary N) is 1. The molecule has 0 radical (unpaired) electrons. The van der Waals surface area contributed by atoms with Gasteiger partial charge in [-0.15, -0.1) is 0 Å². The monoisotopic (exact) mass is 277 g/mol. The van der Waals surface area contributed by atoms with Crippen LogP contribution >= 0.6 is 0 Å². The molecule has 0 spiro atoms. The maximum absolute atomic E-state index is 5.30. The van der Waals surface area contributed by atoms with Crippen LogP contribution in [0.5, 0.6) is 5.75 Å². The summed E-state index contributed by atoms with van der Waals surface area (Å²) in [6.07, 6.45) is 10.8. The summed E-state index contributed by atoms with van der Waals surface area (Å²) in [5.41, 5.74) is 1.33. The Kier molecular flexibility index (Phi) is 9.14. The number of unbranched alkanes of at least 4 members (excludes halogenated alkanes) is 6. The third-order valence-electron chi connectivity index (χ3n) is 3.94. The molecule has 1 N–H and O–H groups in total. The van der Waals surface area contributed by atoms with E-state index in [1.54, 1.807) is 7.11 Å². The van der Waals surface area contributed by atoms with E-state index in [0.717, 1.165) is 5.75 Å². The maximum Gasteiger partial charge on any atom is 0.119 e. The lowest BCUT2D eigenvalue weighted by Crippen LogP contribution is -2.16. The summed E-state index contributed by atoms with van der Waals surface area (Å²) in [7, 11) is 3.77. The predicted molar refractivity (Wildman–Crippen MR) is 87.4 cm³/mol. The Balaban J connectivity index is 2.28. The third kappa shape index (κ3) is 6.42. The lowest BCUT2D eigenvalue weighted by Gasteiger charge is -2.17. The first-order valence-electron chi connectivity index (χ1n) is 8.13. The van der Waals surface area contributed by atoms with Crippen molar-refractivity contribution in [2.45, 2.75) is 64.3 Å². The minimum atomic E-state index is 0.445. The highest BCUT2D eigenvalue weighted by atomic mass is 16.5. The van der Waals surface area contributed by atoms with Gasteiger partial charge in [0.15, 0.2) is 0 Å². The first-order chi connectivity index (χ1) is 9.81. The number of methoxy groups -OCH3 is 1. The molecule has 2 nitrogen and oxygen atoms in total. The van der Waals surface area contributed by atoms with E-state index >= 15 is 0 Å². The number of ether oxygens (including phenoxy) is 1. The second-order valence-electron chi connectivity index (χ2n) is 5.53. The van der Waals surface area contributed by atoms with Gasteiger partial charge in [-0.1, -0.05) is 64.0 Å². The van der Waals surface area contributed by atoms with Gasteiger partial charge in [0.1, 0.15) is 5.75 Å². The molecule has 1 atom stereocenters. The van der Waals surface area contributed by atoms with Crippen LogP contribution in [0.3, 0.4) is 0 Å². The first-order valence-corrected chi connectivity index (χ1v) is 8.13. The SMILES string of the molecule is CCCCCCCCCC(NC)c1cccc(OC)c1.